The summed E-state index contributed by atoms with van der Waals surface area (Å²) < 4.78 is 5.14. The highest BCUT2D eigenvalue weighted by Gasteiger charge is 2.29. The molecule has 0 aliphatic rings. The average Bonchev–Trinajstić information content (AvgIpc) is 2.39. The van der Waals surface area contributed by atoms with Gasteiger partial charge in [-0.3, -0.25) is 9.59 Å². The molecule has 0 aromatic heterocycles. The van der Waals surface area contributed by atoms with E-state index in [2.05, 4.69) is 0 Å². The van der Waals surface area contributed by atoms with E-state index >= 15 is 0 Å². The number of amides is 1. The number of hydrogen-bond acceptors (Lipinski definition) is 3. The molecule has 1 aromatic carbocycles. The lowest BCUT2D eigenvalue weighted by molar-refractivity contribution is -0.156. The Bertz CT molecular complexity index is 430. The Morgan fingerprint density at radius 2 is 1.79 bits per heavy atom. The standard InChI is InChI=1S/C15H21NO3/c1-4-10(2)13(12-8-6-5-7-9-12)15(18)19-11(3)14(16)17/h5-11,13H,4H2,1-3H3,(H2,16,17)/t10-,11-,13+/m0/s1. The molecule has 0 spiro atoms. The van der Waals surface area contributed by atoms with E-state index in [9.17, 15) is 9.59 Å². The van der Waals surface area contributed by atoms with Gasteiger partial charge in [0.05, 0.1) is 5.92 Å². The number of nitrogens with two attached hydrogens (primary N) is 1. The van der Waals surface area contributed by atoms with Gasteiger partial charge in [-0.25, -0.2) is 0 Å². The van der Waals surface area contributed by atoms with E-state index < -0.39 is 18.0 Å². The van der Waals surface area contributed by atoms with Crippen LogP contribution in [0.4, 0.5) is 0 Å². The van der Waals surface area contributed by atoms with Crippen molar-refractivity contribution in [1.82, 2.24) is 0 Å². The number of ether oxygens (including phenoxy) is 1. The first-order valence-corrected chi connectivity index (χ1v) is 6.52. The summed E-state index contributed by atoms with van der Waals surface area (Å²) in [7, 11) is 0. The second-order valence-corrected chi connectivity index (χ2v) is 4.76. The molecule has 104 valence electrons. The van der Waals surface area contributed by atoms with Crippen molar-refractivity contribution in [2.45, 2.75) is 39.2 Å². The number of benzene rings is 1. The molecule has 1 rings (SSSR count). The van der Waals surface area contributed by atoms with Crippen molar-refractivity contribution in [1.29, 1.82) is 0 Å². The number of primary amides is 1. The quantitative estimate of drug-likeness (QED) is 0.800. The third kappa shape index (κ3) is 4.09. The van der Waals surface area contributed by atoms with Gasteiger partial charge in [-0.05, 0) is 18.4 Å². The average molecular weight is 263 g/mol. The van der Waals surface area contributed by atoms with Crippen LogP contribution in [0, 0.1) is 5.92 Å². The van der Waals surface area contributed by atoms with Gasteiger partial charge in [0.15, 0.2) is 6.10 Å². The van der Waals surface area contributed by atoms with Gasteiger partial charge in [-0.2, -0.15) is 0 Å². The molecular weight excluding hydrogens is 242 g/mol. The molecule has 0 aliphatic heterocycles. The topological polar surface area (TPSA) is 69.4 Å². The molecule has 19 heavy (non-hydrogen) atoms. The lowest BCUT2D eigenvalue weighted by Gasteiger charge is -2.23. The lowest BCUT2D eigenvalue weighted by Crippen LogP contribution is -2.33. The highest BCUT2D eigenvalue weighted by atomic mass is 16.5. The summed E-state index contributed by atoms with van der Waals surface area (Å²) in [6.07, 6.45) is -0.0534. The van der Waals surface area contributed by atoms with Crippen LogP contribution >= 0.6 is 0 Å². The van der Waals surface area contributed by atoms with E-state index in [1.54, 1.807) is 0 Å². The Hall–Kier alpha value is -1.84. The normalized spacial score (nSPS) is 15.3. The van der Waals surface area contributed by atoms with Gasteiger partial charge in [0.1, 0.15) is 0 Å². The molecule has 3 atom stereocenters. The van der Waals surface area contributed by atoms with Gasteiger partial charge >= 0.3 is 5.97 Å². The van der Waals surface area contributed by atoms with Crippen molar-refractivity contribution in [3.05, 3.63) is 35.9 Å². The molecule has 0 saturated heterocycles. The van der Waals surface area contributed by atoms with Crippen LogP contribution in [0.3, 0.4) is 0 Å². The van der Waals surface area contributed by atoms with Crippen molar-refractivity contribution >= 4 is 11.9 Å². The highest BCUT2D eigenvalue weighted by Crippen LogP contribution is 2.28. The van der Waals surface area contributed by atoms with Crippen molar-refractivity contribution < 1.29 is 14.3 Å². The van der Waals surface area contributed by atoms with Crippen LogP contribution in [0.1, 0.15) is 38.7 Å². The van der Waals surface area contributed by atoms with Crippen LogP contribution in [0.15, 0.2) is 30.3 Å². The molecule has 4 heteroatoms. The molecule has 0 radical (unpaired) electrons. The number of esters is 1. The molecule has 4 nitrogen and oxygen atoms in total. The molecular formula is C15H21NO3. The van der Waals surface area contributed by atoms with Crippen molar-refractivity contribution in [3.63, 3.8) is 0 Å². The Labute approximate surface area is 113 Å². The van der Waals surface area contributed by atoms with E-state index in [4.69, 9.17) is 10.5 Å². The molecule has 0 aliphatic carbocycles. The Kier molecular flexibility index (Phi) is 5.55. The zero-order chi connectivity index (χ0) is 14.4. The highest BCUT2D eigenvalue weighted by molar-refractivity contribution is 5.84. The minimum absolute atomic E-state index is 0.134. The fraction of sp³-hybridized carbons (Fsp3) is 0.467. The van der Waals surface area contributed by atoms with Crippen LogP contribution in [-0.2, 0) is 14.3 Å². The van der Waals surface area contributed by atoms with E-state index in [0.29, 0.717) is 0 Å². The summed E-state index contributed by atoms with van der Waals surface area (Å²) in [5.41, 5.74) is 6.02. The maximum atomic E-state index is 12.2. The first-order chi connectivity index (χ1) is 8.97. The minimum atomic E-state index is -0.900. The molecule has 0 saturated carbocycles. The molecule has 2 N–H and O–H groups in total. The van der Waals surface area contributed by atoms with E-state index in [-0.39, 0.29) is 11.8 Å². The molecule has 0 unspecified atom stereocenters. The van der Waals surface area contributed by atoms with Gasteiger partial charge < -0.3 is 10.5 Å². The van der Waals surface area contributed by atoms with E-state index in [1.165, 1.54) is 6.92 Å². The van der Waals surface area contributed by atoms with Gasteiger partial charge in [0.25, 0.3) is 5.91 Å². The smallest absolute Gasteiger partial charge is 0.314 e. The number of carbonyl (C=O) groups excluding carboxylic acids is 2. The van der Waals surface area contributed by atoms with Crippen LogP contribution in [0.25, 0.3) is 0 Å². The maximum absolute atomic E-state index is 12.2. The largest absolute Gasteiger partial charge is 0.452 e. The summed E-state index contributed by atoms with van der Waals surface area (Å²) in [5, 5.41) is 0. The van der Waals surface area contributed by atoms with Gasteiger partial charge in [0, 0.05) is 0 Å². The lowest BCUT2D eigenvalue weighted by atomic mass is 9.85. The number of hydrogen-bond donors (Lipinski definition) is 1. The summed E-state index contributed by atoms with van der Waals surface area (Å²) in [4.78, 5) is 23.2. The second kappa shape index (κ2) is 6.92. The predicted octanol–water partition coefficient (Wildman–Crippen LogP) is 2.23. The first kappa shape index (κ1) is 15.2. The Morgan fingerprint density at radius 3 is 2.26 bits per heavy atom. The summed E-state index contributed by atoms with van der Waals surface area (Å²) in [6.45, 7) is 5.50. The van der Waals surface area contributed by atoms with Crippen molar-refractivity contribution in [3.8, 4) is 0 Å². The van der Waals surface area contributed by atoms with Crippen LogP contribution in [0.2, 0.25) is 0 Å². The molecule has 0 bridgehead atoms. The summed E-state index contributed by atoms with van der Waals surface area (Å²) >= 11 is 0. The molecule has 0 fully saturated rings. The molecule has 0 heterocycles. The Morgan fingerprint density at radius 1 is 1.21 bits per heavy atom. The number of carbonyl (C=O) groups is 2. The monoisotopic (exact) mass is 263 g/mol. The summed E-state index contributed by atoms with van der Waals surface area (Å²) in [5.74, 6) is -1.26. The fourth-order valence-corrected chi connectivity index (χ4v) is 1.90. The molecule has 1 amide bonds. The van der Waals surface area contributed by atoms with Crippen molar-refractivity contribution in [2.24, 2.45) is 11.7 Å². The SMILES string of the molecule is CC[C@H](C)[C@@H](C(=O)O[C@@H](C)C(N)=O)c1ccccc1. The van der Waals surface area contributed by atoms with Crippen LogP contribution in [0.5, 0.6) is 0 Å². The van der Waals surface area contributed by atoms with Crippen molar-refractivity contribution in [2.75, 3.05) is 0 Å². The van der Waals surface area contributed by atoms with E-state index in [0.717, 1.165) is 12.0 Å². The van der Waals surface area contributed by atoms with Gasteiger partial charge in [-0.1, -0.05) is 50.6 Å². The number of rotatable bonds is 6. The van der Waals surface area contributed by atoms with Gasteiger partial charge in [0.2, 0.25) is 0 Å². The first-order valence-electron chi connectivity index (χ1n) is 6.52. The third-order valence-electron chi connectivity index (χ3n) is 3.32. The molecule has 1 aromatic rings. The van der Waals surface area contributed by atoms with Crippen LogP contribution < -0.4 is 5.73 Å². The second-order valence-electron chi connectivity index (χ2n) is 4.76. The minimum Gasteiger partial charge on any atom is -0.452 e. The third-order valence-corrected chi connectivity index (χ3v) is 3.32. The maximum Gasteiger partial charge on any atom is 0.314 e. The fourth-order valence-electron chi connectivity index (χ4n) is 1.90. The summed E-state index contributed by atoms with van der Waals surface area (Å²) in [6, 6.07) is 9.46. The predicted molar refractivity (Wildman–Crippen MR) is 73.4 cm³/mol. The Balaban J connectivity index is 2.92. The zero-order valence-electron chi connectivity index (χ0n) is 11.6. The van der Waals surface area contributed by atoms with E-state index in [1.807, 2.05) is 44.2 Å². The van der Waals surface area contributed by atoms with Crippen LogP contribution in [-0.4, -0.2) is 18.0 Å². The van der Waals surface area contributed by atoms with Gasteiger partial charge in [-0.15, -0.1) is 0 Å². The zero-order valence-corrected chi connectivity index (χ0v) is 11.6.